The maximum atomic E-state index is 11.8. The van der Waals surface area contributed by atoms with Crippen molar-refractivity contribution in [3.63, 3.8) is 0 Å². The highest BCUT2D eigenvalue weighted by atomic mass is 16.5. The molecule has 6 nitrogen and oxygen atoms in total. The van der Waals surface area contributed by atoms with Gasteiger partial charge in [0.05, 0.1) is 0 Å². The summed E-state index contributed by atoms with van der Waals surface area (Å²) >= 11 is 0. The van der Waals surface area contributed by atoms with Crippen LogP contribution in [0.1, 0.15) is 23.2 Å². The molecule has 1 aromatic rings. The third-order valence-electron chi connectivity index (χ3n) is 3.01. The van der Waals surface area contributed by atoms with Crippen LogP contribution in [-0.2, 0) is 4.74 Å². The lowest BCUT2D eigenvalue weighted by atomic mass is 10.2. The van der Waals surface area contributed by atoms with E-state index in [1.165, 1.54) is 0 Å². The highest BCUT2D eigenvalue weighted by Gasteiger charge is 2.02. The highest BCUT2D eigenvalue weighted by molar-refractivity contribution is 5.94. The van der Waals surface area contributed by atoms with E-state index in [2.05, 4.69) is 20.9 Å². The number of hydrogen-bond acceptors (Lipinski definition) is 3. The first-order valence-electron chi connectivity index (χ1n) is 7.54. The first kappa shape index (κ1) is 18.0. The van der Waals surface area contributed by atoms with E-state index in [1.54, 1.807) is 26.3 Å². The SMILES string of the molecule is CN=C(NCCCNC(=O)c1ccccc1)NCCCOC. The topological polar surface area (TPSA) is 74.8 Å². The lowest BCUT2D eigenvalue weighted by molar-refractivity contribution is 0.0953. The molecule has 0 aliphatic carbocycles. The first-order valence-corrected chi connectivity index (χ1v) is 7.54. The van der Waals surface area contributed by atoms with Crippen LogP contribution < -0.4 is 16.0 Å². The Balaban J connectivity index is 2.10. The molecule has 6 heteroatoms. The summed E-state index contributed by atoms with van der Waals surface area (Å²) in [4.78, 5) is 16.0. The normalized spacial score (nSPS) is 11.1. The summed E-state index contributed by atoms with van der Waals surface area (Å²) in [5.74, 6) is 0.730. The van der Waals surface area contributed by atoms with Crippen LogP contribution in [0.15, 0.2) is 35.3 Å². The Morgan fingerprint density at radius 3 is 2.32 bits per heavy atom. The molecule has 0 spiro atoms. The van der Waals surface area contributed by atoms with Gasteiger partial charge in [-0.05, 0) is 25.0 Å². The minimum Gasteiger partial charge on any atom is -0.385 e. The van der Waals surface area contributed by atoms with Gasteiger partial charge in [0.1, 0.15) is 0 Å². The second-order valence-corrected chi connectivity index (χ2v) is 4.75. The Kier molecular flexibility index (Phi) is 9.45. The molecule has 1 aromatic carbocycles. The van der Waals surface area contributed by atoms with Crippen molar-refractivity contribution in [2.45, 2.75) is 12.8 Å². The summed E-state index contributed by atoms with van der Waals surface area (Å²) in [6, 6.07) is 9.22. The third-order valence-corrected chi connectivity index (χ3v) is 3.01. The minimum absolute atomic E-state index is 0.0392. The fourth-order valence-corrected chi connectivity index (χ4v) is 1.83. The monoisotopic (exact) mass is 306 g/mol. The Labute approximate surface area is 132 Å². The Bertz CT molecular complexity index is 449. The number of methoxy groups -OCH3 is 1. The van der Waals surface area contributed by atoms with E-state index in [9.17, 15) is 4.79 Å². The molecule has 0 saturated carbocycles. The summed E-state index contributed by atoms with van der Waals surface area (Å²) < 4.78 is 4.99. The van der Waals surface area contributed by atoms with Crippen molar-refractivity contribution in [3.05, 3.63) is 35.9 Å². The molecule has 1 amide bonds. The third kappa shape index (κ3) is 7.64. The van der Waals surface area contributed by atoms with Crippen LogP contribution in [-0.4, -0.2) is 52.3 Å². The van der Waals surface area contributed by atoms with Gasteiger partial charge < -0.3 is 20.7 Å². The predicted molar refractivity (Wildman–Crippen MR) is 89.2 cm³/mol. The van der Waals surface area contributed by atoms with Gasteiger partial charge in [-0.2, -0.15) is 0 Å². The number of aliphatic imine (C=N–C) groups is 1. The molecule has 0 atom stereocenters. The molecule has 0 aromatic heterocycles. The largest absolute Gasteiger partial charge is 0.385 e. The standard InChI is InChI=1S/C16H26N4O2/c1-17-16(20-12-7-13-22-2)19-11-6-10-18-15(21)14-8-4-3-5-9-14/h3-5,8-9H,6-7,10-13H2,1-2H3,(H,18,21)(H2,17,19,20). The van der Waals surface area contributed by atoms with Crippen molar-refractivity contribution >= 4 is 11.9 Å². The first-order chi connectivity index (χ1) is 10.8. The molecule has 0 bridgehead atoms. The average Bonchev–Trinajstić information content (AvgIpc) is 2.57. The zero-order chi connectivity index (χ0) is 16.0. The molecule has 0 heterocycles. The molecule has 3 N–H and O–H groups in total. The van der Waals surface area contributed by atoms with Crippen molar-refractivity contribution in [3.8, 4) is 0 Å². The molecular formula is C16H26N4O2. The summed E-state index contributed by atoms with van der Waals surface area (Å²) in [6.07, 6.45) is 1.77. The molecule has 22 heavy (non-hydrogen) atoms. The van der Waals surface area contributed by atoms with E-state index in [1.807, 2.05) is 18.2 Å². The quantitative estimate of drug-likeness (QED) is 0.362. The number of amides is 1. The Hall–Kier alpha value is -2.08. The maximum Gasteiger partial charge on any atom is 0.251 e. The van der Waals surface area contributed by atoms with Crippen LogP contribution in [0.3, 0.4) is 0 Å². The minimum atomic E-state index is -0.0392. The zero-order valence-corrected chi connectivity index (χ0v) is 13.4. The lowest BCUT2D eigenvalue weighted by Gasteiger charge is -2.12. The van der Waals surface area contributed by atoms with Crippen LogP contribution in [0.2, 0.25) is 0 Å². The second kappa shape index (κ2) is 11.6. The van der Waals surface area contributed by atoms with Crippen LogP contribution in [0.25, 0.3) is 0 Å². The molecule has 0 fully saturated rings. The number of ether oxygens (including phenoxy) is 1. The fourth-order valence-electron chi connectivity index (χ4n) is 1.83. The van der Waals surface area contributed by atoms with E-state index in [-0.39, 0.29) is 5.91 Å². The van der Waals surface area contributed by atoms with Crippen molar-refractivity contribution in [2.75, 3.05) is 40.4 Å². The van der Waals surface area contributed by atoms with Gasteiger partial charge in [-0.15, -0.1) is 0 Å². The Morgan fingerprint density at radius 2 is 1.68 bits per heavy atom. The molecule has 122 valence electrons. The van der Waals surface area contributed by atoms with Gasteiger partial charge in [0.15, 0.2) is 5.96 Å². The lowest BCUT2D eigenvalue weighted by Crippen LogP contribution is -2.39. The number of nitrogens with one attached hydrogen (secondary N) is 3. The molecule has 0 aliphatic rings. The zero-order valence-electron chi connectivity index (χ0n) is 13.4. The van der Waals surface area contributed by atoms with Gasteiger partial charge in [-0.3, -0.25) is 9.79 Å². The van der Waals surface area contributed by atoms with Crippen LogP contribution in [0.5, 0.6) is 0 Å². The highest BCUT2D eigenvalue weighted by Crippen LogP contribution is 1.97. The van der Waals surface area contributed by atoms with Gasteiger partial charge in [-0.25, -0.2) is 0 Å². The fraction of sp³-hybridized carbons (Fsp3) is 0.500. The van der Waals surface area contributed by atoms with Crippen molar-refractivity contribution < 1.29 is 9.53 Å². The average molecular weight is 306 g/mol. The number of rotatable bonds is 9. The molecule has 0 aliphatic heterocycles. The van der Waals surface area contributed by atoms with Gasteiger partial charge in [0.2, 0.25) is 0 Å². The van der Waals surface area contributed by atoms with Crippen molar-refractivity contribution in [1.82, 2.24) is 16.0 Å². The number of guanidine groups is 1. The van der Waals surface area contributed by atoms with E-state index in [0.29, 0.717) is 12.1 Å². The van der Waals surface area contributed by atoms with Crippen LogP contribution in [0.4, 0.5) is 0 Å². The Morgan fingerprint density at radius 1 is 1.05 bits per heavy atom. The summed E-state index contributed by atoms with van der Waals surface area (Å²) in [7, 11) is 3.43. The predicted octanol–water partition coefficient (Wildman–Crippen LogP) is 1.01. The molecule has 0 unspecified atom stereocenters. The summed E-state index contributed by atoms with van der Waals surface area (Å²) in [6.45, 7) is 2.92. The molecule has 1 rings (SSSR count). The van der Waals surface area contributed by atoms with Gasteiger partial charge in [0, 0.05) is 46.0 Å². The number of hydrogen-bond donors (Lipinski definition) is 3. The maximum absolute atomic E-state index is 11.8. The van der Waals surface area contributed by atoms with Crippen molar-refractivity contribution in [2.24, 2.45) is 4.99 Å². The number of nitrogens with zero attached hydrogens (tertiary/aromatic N) is 1. The molecule has 0 saturated heterocycles. The van der Waals surface area contributed by atoms with Crippen molar-refractivity contribution in [1.29, 1.82) is 0 Å². The summed E-state index contributed by atoms with van der Waals surface area (Å²) in [5, 5.41) is 9.30. The number of carbonyl (C=O) groups is 1. The second-order valence-electron chi connectivity index (χ2n) is 4.75. The summed E-state index contributed by atoms with van der Waals surface area (Å²) in [5.41, 5.74) is 0.686. The molecule has 0 radical (unpaired) electrons. The van der Waals surface area contributed by atoms with Crippen LogP contribution in [0, 0.1) is 0 Å². The van der Waals surface area contributed by atoms with Gasteiger partial charge in [-0.1, -0.05) is 18.2 Å². The van der Waals surface area contributed by atoms with Gasteiger partial charge >= 0.3 is 0 Å². The van der Waals surface area contributed by atoms with E-state index < -0.39 is 0 Å². The number of benzene rings is 1. The van der Waals surface area contributed by atoms with E-state index in [4.69, 9.17) is 4.74 Å². The van der Waals surface area contributed by atoms with Crippen LogP contribution >= 0.6 is 0 Å². The molecular weight excluding hydrogens is 280 g/mol. The van der Waals surface area contributed by atoms with E-state index >= 15 is 0 Å². The number of carbonyl (C=O) groups excluding carboxylic acids is 1. The van der Waals surface area contributed by atoms with Gasteiger partial charge in [0.25, 0.3) is 5.91 Å². The van der Waals surface area contributed by atoms with E-state index in [0.717, 1.165) is 38.5 Å². The smallest absolute Gasteiger partial charge is 0.251 e.